The van der Waals surface area contributed by atoms with E-state index in [4.69, 9.17) is 0 Å². The van der Waals surface area contributed by atoms with Crippen LogP contribution in [-0.4, -0.2) is 0 Å². The highest BCUT2D eigenvalue weighted by Crippen LogP contribution is 1.91. The zero-order valence-corrected chi connectivity index (χ0v) is 6.34. The highest BCUT2D eigenvalue weighted by Gasteiger charge is 1.70. The molecule has 0 radical (unpaired) electrons. The van der Waals surface area contributed by atoms with Crippen LogP contribution in [-0.2, 0) is 0 Å². The molecule has 0 nitrogen and oxygen atoms in total. The molecule has 0 unspecified atom stereocenters. The maximum absolute atomic E-state index is 3.66. The summed E-state index contributed by atoms with van der Waals surface area (Å²) >= 11 is 0. The summed E-state index contributed by atoms with van der Waals surface area (Å²) in [4.78, 5) is 0. The van der Waals surface area contributed by atoms with Crippen LogP contribution >= 0.6 is 0 Å². The molecular formula is C10H14. The summed E-state index contributed by atoms with van der Waals surface area (Å²) in [6.45, 7) is 16.7. The number of hydrogen-bond acceptors (Lipinski definition) is 0. The summed E-state index contributed by atoms with van der Waals surface area (Å²) in [5.74, 6) is 0. The summed E-state index contributed by atoms with van der Waals surface area (Å²) in [7, 11) is 0. The number of allylic oxidation sites excluding steroid dienone is 5. The first kappa shape index (κ1) is 11.5. The average molecular weight is 134 g/mol. The van der Waals surface area contributed by atoms with E-state index in [0.717, 1.165) is 5.57 Å². The smallest absolute Gasteiger partial charge is 0.0335 e. The van der Waals surface area contributed by atoms with Crippen LogP contribution in [0.2, 0.25) is 0 Å². The molecule has 0 aromatic rings. The molecule has 0 amide bonds. The van der Waals surface area contributed by atoms with Crippen LogP contribution in [0.3, 0.4) is 0 Å². The Hall–Kier alpha value is -1.30. The lowest BCUT2D eigenvalue weighted by Gasteiger charge is -1.80. The highest BCUT2D eigenvalue weighted by atomic mass is 13.8. The van der Waals surface area contributed by atoms with Gasteiger partial charge in [0.25, 0.3) is 0 Å². The van der Waals surface area contributed by atoms with Gasteiger partial charge in [0.05, 0.1) is 0 Å². The Kier molecular flexibility index (Phi) is 12.2. The predicted molar refractivity (Wildman–Crippen MR) is 49.9 cm³/mol. The molecule has 0 aliphatic carbocycles. The maximum Gasteiger partial charge on any atom is -0.0335 e. The van der Waals surface area contributed by atoms with Crippen molar-refractivity contribution < 1.29 is 0 Å². The average Bonchev–Trinajstić information content (AvgIpc) is 2.04. The van der Waals surface area contributed by atoms with Gasteiger partial charge in [-0.3, -0.25) is 0 Å². The van der Waals surface area contributed by atoms with Crippen LogP contribution < -0.4 is 0 Å². The molecule has 0 aromatic carbocycles. The van der Waals surface area contributed by atoms with E-state index >= 15 is 0 Å². The fourth-order valence-electron chi connectivity index (χ4n) is 0.260. The molecular weight excluding hydrogens is 120 g/mol. The molecule has 0 aliphatic rings. The zero-order valence-electron chi connectivity index (χ0n) is 6.34. The Morgan fingerprint density at radius 3 is 1.90 bits per heavy atom. The third-order valence-corrected chi connectivity index (χ3v) is 0.709. The number of rotatable bonds is 3. The summed E-state index contributed by atoms with van der Waals surface area (Å²) in [5.41, 5.74) is 0.907. The lowest BCUT2D eigenvalue weighted by atomic mass is 10.3. The van der Waals surface area contributed by atoms with Crippen molar-refractivity contribution in [2.75, 3.05) is 0 Å². The highest BCUT2D eigenvalue weighted by molar-refractivity contribution is 5.27. The molecule has 0 rings (SSSR count). The van der Waals surface area contributed by atoms with Crippen LogP contribution in [0.15, 0.2) is 62.8 Å². The zero-order chi connectivity index (χ0) is 8.41. The Bertz CT molecular complexity index is 138. The fourth-order valence-corrected chi connectivity index (χ4v) is 0.260. The first-order valence-electron chi connectivity index (χ1n) is 2.91. The minimum absolute atomic E-state index is 0.907. The van der Waals surface area contributed by atoms with Gasteiger partial charge in [0.1, 0.15) is 0 Å². The minimum Gasteiger partial charge on any atom is -0.106 e. The Morgan fingerprint density at radius 1 is 1.10 bits per heavy atom. The first-order chi connectivity index (χ1) is 4.81. The van der Waals surface area contributed by atoms with Gasteiger partial charge in [-0.05, 0) is 5.57 Å². The molecule has 0 heterocycles. The van der Waals surface area contributed by atoms with Gasteiger partial charge < -0.3 is 0 Å². The summed E-state index contributed by atoms with van der Waals surface area (Å²) < 4.78 is 0. The minimum atomic E-state index is 0.907. The molecule has 54 valence electrons. The van der Waals surface area contributed by atoms with Crippen LogP contribution in [0.4, 0.5) is 0 Å². The van der Waals surface area contributed by atoms with Crippen LogP contribution in [0.5, 0.6) is 0 Å². The SMILES string of the molecule is C=C.C=C/C=C\C(=C)C=C. The van der Waals surface area contributed by atoms with Gasteiger partial charge >= 0.3 is 0 Å². The molecule has 0 bridgehead atoms. The molecule has 0 aliphatic heterocycles. The van der Waals surface area contributed by atoms with Crippen molar-refractivity contribution in [1.29, 1.82) is 0 Å². The molecule has 0 saturated heterocycles. The van der Waals surface area contributed by atoms with Gasteiger partial charge in [-0.15, -0.1) is 13.2 Å². The van der Waals surface area contributed by atoms with Crippen molar-refractivity contribution in [3.8, 4) is 0 Å². The second-order valence-corrected chi connectivity index (χ2v) is 1.37. The van der Waals surface area contributed by atoms with E-state index in [9.17, 15) is 0 Å². The van der Waals surface area contributed by atoms with E-state index in [1.807, 2.05) is 12.2 Å². The molecule has 10 heavy (non-hydrogen) atoms. The van der Waals surface area contributed by atoms with Crippen molar-refractivity contribution in [2.45, 2.75) is 0 Å². The quantitative estimate of drug-likeness (QED) is 0.410. The van der Waals surface area contributed by atoms with Crippen molar-refractivity contribution in [3.05, 3.63) is 62.8 Å². The van der Waals surface area contributed by atoms with Crippen molar-refractivity contribution in [3.63, 3.8) is 0 Å². The van der Waals surface area contributed by atoms with Crippen LogP contribution in [0, 0.1) is 0 Å². The lowest BCUT2D eigenvalue weighted by molar-refractivity contribution is 1.76. The van der Waals surface area contributed by atoms with E-state index in [1.54, 1.807) is 12.2 Å². The van der Waals surface area contributed by atoms with Gasteiger partial charge in [-0.25, -0.2) is 0 Å². The van der Waals surface area contributed by atoms with Crippen molar-refractivity contribution in [1.82, 2.24) is 0 Å². The van der Waals surface area contributed by atoms with Crippen molar-refractivity contribution >= 4 is 0 Å². The Labute approximate surface area is 63.6 Å². The summed E-state index contributed by atoms with van der Waals surface area (Å²) in [6.07, 6.45) is 7.07. The monoisotopic (exact) mass is 134 g/mol. The summed E-state index contributed by atoms with van der Waals surface area (Å²) in [6, 6.07) is 0. The Morgan fingerprint density at radius 2 is 1.60 bits per heavy atom. The van der Waals surface area contributed by atoms with E-state index in [1.165, 1.54) is 0 Å². The van der Waals surface area contributed by atoms with Gasteiger partial charge in [0, 0.05) is 0 Å². The molecule has 0 atom stereocenters. The van der Waals surface area contributed by atoms with Gasteiger partial charge in [-0.1, -0.05) is 44.0 Å². The van der Waals surface area contributed by atoms with E-state index in [2.05, 4.69) is 32.9 Å². The standard InChI is InChI=1S/C8H10.C2H4/c1-4-6-7-8(3)5-2;1-2/h4-7H,1-3H2;1-2H2/b7-6-;. The lowest BCUT2D eigenvalue weighted by Crippen LogP contribution is -1.59. The molecule has 0 spiro atoms. The maximum atomic E-state index is 3.66. The van der Waals surface area contributed by atoms with Crippen LogP contribution in [0.1, 0.15) is 0 Å². The third kappa shape index (κ3) is 9.85. The Balaban J connectivity index is 0. The normalized spacial score (nSPS) is 7.60. The van der Waals surface area contributed by atoms with Crippen LogP contribution in [0.25, 0.3) is 0 Å². The van der Waals surface area contributed by atoms with Crippen molar-refractivity contribution in [2.24, 2.45) is 0 Å². The molecule has 0 aromatic heterocycles. The first-order valence-corrected chi connectivity index (χ1v) is 2.91. The molecule has 0 fully saturated rings. The van der Waals surface area contributed by atoms with E-state index in [0.29, 0.717) is 0 Å². The summed E-state index contributed by atoms with van der Waals surface area (Å²) in [5, 5.41) is 0. The van der Waals surface area contributed by atoms with E-state index in [-0.39, 0.29) is 0 Å². The number of hydrogen-bond donors (Lipinski definition) is 0. The van der Waals surface area contributed by atoms with E-state index < -0.39 is 0 Å². The second-order valence-electron chi connectivity index (χ2n) is 1.37. The molecule has 0 N–H and O–H groups in total. The predicted octanol–water partition coefficient (Wildman–Crippen LogP) is 3.27. The molecule has 0 saturated carbocycles. The largest absolute Gasteiger partial charge is 0.106 e. The third-order valence-electron chi connectivity index (χ3n) is 0.709. The van der Waals surface area contributed by atoms with Gasteiger partial charge in [-0.2, -0.15) is 0 Å². The fraction of sp³-hybridized carbons (Fsp3) is 0. The second kappa shape index (κ2) is 10.6. The van der Waals surface area contributed by atoms with Gasteiger partial charge in [0.2, 0.25) is 0 Å². The van der Waals surface area contributed by atoms with Gasteiger partial charge in [0.15, 0.2) is 0 Å². The molecule has 0 heteroatoms. The topological polar surface area (TPSA) is 0 Å².